The van der Waals surface area contributed by atoms with Crippen LogP contribution < -0.4 is 5.32 Å². The molecule has 13 heteroatoms. The third-order valence-corrected chi connectivity index (χ3v) is 16.9. The van der Waals surface area contributed by atoms with Gasteiger partial charge >= 0.3 is 11.9 Å². The topological polar surface area (TPSA) is 108 Å². The van der Waals surface area contributed by atoms with Crippen LogP contribution in [0.1, 0.15) is 214 Å². The number of unbranched alkanes of at least 4 members (excludes halogenated alkanes) is 16. The Bertz CT molecular complexity index is 1220. The first-order valence-corrected chi connectivity index (χ1v) is 32.6. The normalized spacial score (nSPS) is 12.0. The molecule has 0 aliphatic rings. The molecule has 0 bridgehead atoms. The molecule has 0 saturated heterocycles. The Morgan fingerprint density at radius 1 is 0.536 bits per heavy atom. The highest BCUT2D eigenvalue weighted by Gasteiger charge is 2.13. The Hall–Kier alpha value is -1.09. The highest BCUT2D eigenvalue weighted by atomic mass is 33.1. The highest BCUT2D eigenvalue weighted by molar-refractivity contribution is 8.77. The number of hydrogen-bond donors (Lipinski definition) is 2. The zero-order chi connectivity index (χ0) is 50.7. The lowest BCUT2D eigenvalue weighted by Crippen LogP contribution is -2.35. The van der Waals surface area contributed by atoms with E-state index in [-0.39, 0.29) is 23.9 Å². The summed E-state index contributed by atoms with van der Waals surface area (Å²) in [5.41, 5.74) is 2.80. The van der Waals surface area contributed by atoms with E-state index in [9.17, 15) is 19.5 Å². The third kappa shape index (κ3) is 54.5. The van der Waals surface area contributed by atoms with Gasteiger partial charge in [-0.2, -0.15) is 0 Å². The van der Waals surface area contributed by atoms with Crippen LogP contribution in [0, 0.1) is 0 Å². The minimum absolute atomic E-state index is 0.125. The second-order valence-corrected chi connectivity index (χ2v) is 24.7. The van der Waals surface area contributed by atoms with E-state index in [1.54, 1.807) is 0 Å². The van der Waals surface area contributed by atoms with E-state index < -0.39 is 0 Å². The summed E-state index contributed by atoms with van der Waals surface area (Å²) in [4.78, 5) is 42.4. The zero-order valence-corrected chi connectivity index (χ0v) is 48.5. The van der Waals surface area contributed by atoms with Crippen molar-refractivity contribution in [3.63, 3.8) is 0 Å². The molecule has 69 heavy (non-hydrogen) atoms. The maximum Gasteiger partial charge on any atom is 0.307 e. The summed E-state index contributed by atoms with van der Waals surface area (Å²) < 4.78 is 11.2. The quantitative estimate of drug-likeness (QED) is 0.0262. The number of carbonyl (C=O) groups is 3. The highest BCUT2D eigenvalue weighted by Crippen LogP contribution is 2.25. The maximum absolute atomic E-state index is 12.7. The number of likely N-dealkylation sites (N-methyl/N-ethyl adjacent to an activating group) is 1. The van der Waals surface area contributed by atoms with Crippen LogP contribution in [0.2, 0.25) is 0 Å². The van der Waals surface area contributed by atoms with E-state index in [4.69, 9.17) is 9.47 Å². The smallest absolute Gasteiger partial charge is 0.307 e. The molecule has 0 aliphatic heterocycles. The summed E-state index contributed by atoms with van der Waals surface area (Å²) >= 11 is 0. The van der Waals surface area contributed by atoms with Crippen molar-refractivity contribution in [1.82, 2.24) is 15.1 Å². The first kappa shape index (κ1) is 67.9. The van der Waals surface area contributed by atoms with E-state index in [0.717, 1.165) is 116 Å². The van der Waals surface area contributed by atoms with Crippen molar-refractivity contribution >= 4 is 61.0 Å². The molecular weight excluding hydrogens is 939 g/mol. The SMILES string of the molecule is CCCCCC[C@@H](O)C/C=C\CCCCCCCC(=O)NCCN(C)CCCN(CCC(=O)OCCCCCCSSCCCC=C(C)C)CCC(=O)OCCCCCCSSCCCC=C(C)C. The Labute approximate surface area is 441 Å². The van der Waals surface area contributed by atoms with Crippen molar-refractivity contribution in [2.45, 2.75) is 221 Å². The van der Waals surface area contributed by atoms with Crippen LogP contribution in [0.3, 0.4) is 0 Å². The molecule has 0 rings (SSSR count). The van der Waals surface area contributed by atoms with Gasteiger partial charge in [-0.25, -0.2) is 0 Å². The summed E-state index contributed by atoms with van der Waals surface area (Å²) in [7, 11) is 10.00. The number of carbonyl (C=O) groups excluding carboxylic acids is 3. The molecule has 1 amide bonds. The summed E-state index contributed by atoms with van der Waals surface area (Å²) in [5, 5.41) is 13.2. The Morgan fingerprint density at radius 2 is 1.04 bits per heavy atom. The standard InChI is InChI=1S/C56H105N3O6S4/c1-7-8-9-20-34-53(60)35-21-14-12-10-11-13-15-22-36-54(61)57-39-44-58(6)40-31-41-59(42-37-55(62)64-45-25-16-18-27-47-66-68-49-29-23-32-51(2)3)43-38-56(63)65-46-26-17-19-28-48-67-69-50-30-24-33-52(4)5/h14,21,32-33,53,60H,7-13,15-20,22-31,34-50H2,1-6H3,(H,57,61)/b21-14-/t53-/m1/s1. The van der Waals surface area contributed by atoms with Crippen LogP contribution in [0.4, 0.5) is 0 Å². The molecule has 0 aromatic carbocycles. The number of aliphatic hydroxyl groups excluding tert-OH is 1. The Morgan fingerprint density at radius 3 is 1.61 bits per heavy atom. The van der Waals surface area contributed by atoms with E-state index in [0.29, 0.717) is 52.1 Å². The second kappa shape index (κ2) is 53.2. The van der Waals surface area contributed by atoms with Crippen molar-refractivity contribution in [3.05, 3.63) is 35.5 Å². The number of rotatable bonds is 52. The molecular formula is C56H105N3O6S4. The van der Waals surface area contributed by atoms with Gasteiger partial charge in [-0.1, -0.05) is 156 Å². The predicted octanol–water partition coefficient (Wildman–Crippen LogP) is 15.0. The number of ether oxygens (including phenoxy) is 2. The van der Waals surface area contributed by atoms with Gasteiger partial charge in [0.1, 0.15) is 0 Å². The molecule has 0 spiro atoms. The van der Waals surface area contributed by atoms with Gasteiger partial charge in [-0.05, 0) is 138 Å². The van der Waals surface area contributed by atoms with Crippen LogP contribution >= 0.6 is 43.2 Å². The van der Waals surface area contributed by atoms with E-state index in [1.807, 2.05) is 43.2 Å². The molecule has 0 fully saturated rings. The molecule has 0 aromatic heterocycles. The number of hydrogen-bond acceptors (Lipinski definition) is 12. The summed E-state index contributed by atoms with van der Waals surface area (Å²) in [6.07, 6.45) is 37.4. The molecule has 0 unspecified atom stereocenters. The van der Waals surface area contributed by atoms with Gasteiger partial charge < -0.3 is 29.7 Å². The van der Waals surface area contributed by atoms with Gasteiger partial charge in [0.2, 0.25) is 5.91 Å². The average molecular weight is 1040 g/mol. The summed E-state index contributed by atoms with van der Waals surface area (Å²) in [6, 6.07) is 0. The lowest BCUT2D eigenvalue weighted by molar-refractivity contribution is -0.144. The molecule has 0 heterocycles. The summed E-state index contributed by atoms with van der Waals surface area (Å²) in [6.45, 7) is 15.9. The number of esters is 2. The zero-order valence-electron chi connectivity index (χ0n) is 45.2. The number of nitrogens with zero attached hydrogens (tertiary/aromatic N) is 2. The van der Waals surface area contributed by atoms with Gasteiger partial charge in [0, 0.05) is 55.6 Å². The lowest BCUT2D eigenvalue weighted by Gasteiger charge is -2.23. The van der Waals surface area contributed by atoms with Crippen LogP contribution in [0.5, 0.6) is 0 Å². The molecule has 0 aliphatic carbocycles. The van der Waals surface area contributed by atoms with Crippen molar-refractivity contribution in [1.29, 1.82) is 0 Å². The minimum atomic E-state index is -0.200. The van der Waals surface area contributed by atoms with Crippen molar-refractivity contribution in [2.75, 3.05) is 82.5 Å². The molecule has 9 nitrogen and oxygen atoms in total. The predicted molar refractivity (Wildman–Crippen MR) is 308 cm³/mol. The fraction of sp³-hybridized carbons (Fsp3) is 0.839. The second-order valence-electron chi connectivity index (χ2n) is 19.3. The van der Waals surface area contributed by atoms with Crippen molar-refractivity contribution < 1.29 is 29.0 Å². The van der Waals surface area contributed by atoms with Gasteiger partial charge in [0.05, 0.1) is 32.2 Å². The monoisotopic (exact) mass is 1040 g/mol. The van der Waals surface area contributed by atoms with Crippen LogP contribution in [-0.2, 0) is 23.9 Å². The van der Waals surface area contributed by atoms with Gasteiger partial charge in [-0.15, -0.1) is 0 Å². The van der Waals surface area contributed by atoms with E-state index in [1.165, 1.54) is 98.4 Å². The van der Waals surface area contributed by atoms with E-state index in [2.05, 4.69) is 81.1 Å². The fourth-order valence-corrected chi connectivity index (χ4v) is 11.9. The lowest BCUT2D eigenvalue weighted by atomic mass is 10.1. The van der Waals surface area contributed by atoms with Crippen LogP contribution in [-0.4, -0.2) is 121 Å². The first-order valence-electron chi connectivity index (χ1n) is 27.6. The van der Waals surface area contributed by atoms with E-state index >= 15 is 0 Å². The molecule has 0 aromatic rings. The number of allylic oxidation sites excluding steroid dienone is 5. The van der Waals surface area contributed by atoms with Crippen LogP contribution in [0.25, 0.3) is 0 Å². The van der Waals surface area contributed by atoms with Gasteiger partial charge in [0.15, 0.2) is 0 Å². The first-order chi connectivity index (χ1) is 33.5. The largest absolute Gasteiger partial charge is 0.466 e. The maximum atomic E-state index is 12.7. The Balaban J connectivity index is 4.41. The number of amides is 1. The molecule has 0 saturated carbocycles. The molecule has 1 atom stereocenters. The van der Waals surface area contributed by atoms with Crippen LogP contribution in [0.15, 0.2) is 35.5 Å². The fourth-order valence-electron chi connectivity index (χ4n) is 7.41. The molecule has 0 radical (unpaired) electrons. The number of aliphatic hydroxyl groups is 1. The van der Waals surface area contributed by atoms with Gasteiger partial charge in [-0.3, -0.25) is 14.4 Å². The van der Waals surface area contributed by atoms with Gasteiger partial charge in [0.25, 0.3) is 0 Å². The molecule has 404 valence electrons. The third-order valence-electron chi connectivity index (χ3n) is 11.7. The average Bonchev–Trinajstić information content (AvgIpc) is 3.31. The van der Waals surface area contributed by atoms with Crippen molar-refractivity contribution in [2.24, 2.45) is 0 Å². The minimum Gasteiger partial charge on any atom is -0.466 e. The molecule has 2 N–H and O–H groups in total. The van der Waals surface area contributed by atoms with Crippen molar-refractivity contribution in [3.8, 4) is 0 Å². The summed E-state index contributed by atoms with van der Waals surface area (Å²) in [5.74, 6) is 4.54. The Kier molecular flexibility index (Phi) is 52.4. The number of nitrogens with one attached hydrogen (secondary N) is 1.